The molecule has 4 fully saturated rings. The summed E-state index contributed by atoms with van der Waals surface area (Å²) in [6.45, 7) is 0. The van der Waals surface area contributed by atoms with Gasteiger partial charge in [0, 0.05) is 46.0 Å². The molecule has 0 radical (unpaired) electrons. The van der Waals surface area contributed by atoms with Gasteiger partial charge in [0.05, 0.1) is 5.41 Å². The van der Waals surface area contributed by atoms with Crippen molar-refractivity contribution in [2.45, 2.75) is 32.1 Å². The lowest BCUT2D eigenvalue weighted by Gasteiger charge is -2.54. The molecule has 0 spiro atoms. The van der Waals surface area contributed by atoms with Gasteiger partial charge in [-0.3, -0.25) is 19.4 Å². The van der Waals surface area contributed by atoms with Crippen LogP contribution < -0.4 is 10.6 Å². The van der Waals surface area contributed by atoms with Crippen molar-refractivity contribution in [2.24, 2.45) is 23.2 Å². The van der Waals surface area contributed by atoms with Gasteiger partial charge in [-0.25, -0.2) is 0 Å². The van der Waals surface area contributed by atoms with E-state index < -0.39 is 0 Å². The van der Waals surface area contributed by atoms with Crippen LogP contribution in [0.5, 0.6) is 0 Å². The third-order valence-electron chi connectivity index (χ3n) is 8.71. The van der Waals surface area contributed by atoms with Crippen LogP contribution in [0.25, 0.3) is 22.2 Å². The van der Waals surface area contributed by atoms with Gasteiger partial charge in [0.25, 0.3) is 5.91 Å². The summed E-state index contributed by atoms with van der Waals surface area (Å²) in [6, 6.07) is 20.9. The van der Waals surface area contributed by atoms with Crippen molar-refractivity contribution in [2.75, 3.05) is 10.6 Å². The molecule has 2 aromatic heterocycles. The number of aromatic amines is 1. The van der Waals surface area contributed by atoms with E-state index in [1.54, 1.807) is 24.4 Å². The number of rotatable bonds is 5. The lowest BCUT2D eigenvalue weighted by molar-refractivity contribution is -0.154. The van der Waals surface area contributed by atoms with E-state index in [1.165, 1.54) is 0 Å². The Labute approximate surface area is 220 Å². The highest BCUT2D eigenvalue weighted by Gasteiger charge is 2.58. The Morgan fingerprint density at radius 1 is 0.868 bits per heavy atom. The first-order chi connectivity index (χ1) is 18.5. The summed E-state index contributed by atoms with van der Waals surface area (Å²) >= 11 is 0. The Kier molecular flexibility index (Phi) is 5.21. The second kappa shape index (κ2) is 8.65. The van der Waals surface area contributed by atoms with Crippen molar-refractivity contribution in [1.29, 1.82) is 0 Å². The summed E-state index contributed by atoms with van der Waals surface area (Å²) in [5.41, 5.74) is 4.36. The predicted octanol–water partition coefficient (Wildman–Crippen LogP) is 5.82. The minimum atomic E-state index is -0.385. The predicted molar refractivity (Wildman–Crippen MR) is 146 cm³/mol. The van der Waals surface area contributed by atoms with Gasteiger partial charge in [0.1, 0.15) is 11.5 Å². The van der Waals surface area contributed by atoms with Crippen LogP contribution in [0.15, 0.2) is 72.9 Å². The molecule has 4 saturated carbocycles. The summed E-state index contributed by atoms with van der Waals surface area (Å²) in [5.74, 6) is 0.904. The third-order valence-corrected chi connectivity index (χ3v) is 8.71. The van der Waals surface area contributed by atoms with Crippen LogP contribution in [0.4, 0.5) is 11.4 Å². The maximum Gasteiger partial charge on any atom is 0.274 e. The van der Waals surface area contributed by atoms with Crippen molar-refractivity contribution in [3.05, 3.63) is 78.6 Å². The summed E-state index contributed by atoms with van der Waals surface area (Å²) in [4.78, 5) is 45.9. The summed E-state index contributed by atoms with van der Waals surface area (Å²) in [6.07, 6.45) is 5.88. The molecule has 4 aliphatic rings. The van der Waals surface area contributed by atoms with Crippen molar-refractivity contribution in [1.82, 2.24) is 9.97 Å². The highest BCUT2D eigenvalue weighted by molar-refractivity contribution is 6.04. The van der Waals surface area contributed by atoms with Gasteiger partial charge in [-0.1, -0.05) is 18.2 Å². The number of carbonyl (C=O) groups excluding carboxylic acids is 3. The van der Waals surface area contributed by atoms with E-state index in [0.717, 1.165) is 47.1 Å². The zero-order chi connectivity index (χ0) is 25.9. The molecule has 0 saturated heterocycles. The van der Waals surface area contributed by atoms with Gasteiger partial charge >= 0.3 is 0 Å². The number of H-pyrrole nitrogens is 1. The van der Waals surface area contributed by atoms with Gasteiger partial charge in [-0.05, 0) is 92.1 Å². The van der Waals surface area contributed by atoms with Gasteiger partial charge in [-0.15, -0.1) is 0 Å². The molecule has 0 aliphatic heterocycles. The average Bonchev–Trinajstić information content (AvgIpc) is 3.35. The smallest absolute Gasteiger partial charge is 0.274 e. The Hall–Kier alpha value is -4.26. The lowest BCUT2D eigenvalue weighted by Crippen LogP contribution is -2.55. The molecule has 4 aromatic rings. The first kappa shape index (κ1) is 22.9. The highest BCUT2D eigenvalue weighted by Crippen LogP contribution is 2.58. The van der Waals surface area contributed by atoms with Gasteiger partial charge in [-0.2, -0.15) is 0 Å². The lowest BCUT2D eigenvalue weighted by atomic mass is 9.49. The number of benzene rings is 2. The quantitative estimate of drug-likeness (QED) is 0.319. The molecule has 2 amide bonds. The van der Waals surface area contributed by atoms with Crippen molar-refractivity contribution in [3.8, 4) is 11.3 Å². The maximum absolute atomic E-state index is 13.4. The maximum atomic E-state index is 13.4. The molecule has 190 valence electrons. The van der Waals surface area contributed by atoms with E-state index in [-0.39, 0.29) is 29.1 Å². The summed E-state index contributed by atoms with van der Waals surface area (Å²) in [5, 5.41) is 7.03. The van der Waals surface area contributed by atoms with Gasteiger partial charge in [0.2, 0.25) is 5.91 Å². The third kappa shape index (κ3) is 3.90. The number of nitrogens with zero attached hydrogens (tertiary/aromatic N) is 1. The van der Waals surface area contributed by atoms with Crippen LogP contribution in [0.3, 0.4) is 0 Å². The molecule has 2 heterocycles. The zero-order valence-corrected chi connectivity index (χ0v) is 20.9. The number of aromatic nitrogens is 2. The first-order valence-corrected chi connectivity index (χ1v) is 13.3. The topological polar surface area (TPSA) is 104 Å². The number of Topliss-reactive ketones (excluding diaryl/α,β-unsaturated/α-hetero) is 1. The number of fused-ring (bicyclic) bond motifs is 1. The van der Waals surface area contributed by atoms with Crippen LogP contribution in [0, 0.1) is 23.2 Å². The standard InChI is InChI=1S/C31H28N4O3/c36-28-21-11-18-12-22(28)17-31(15-18,16-21)30(38)34-23-6-4-19(5-7-23)27-14-20-13-24(8-9-25(20)35-27)33-29(37)26-3-1-2-10-32-26/h1-10,13-14,18,21-22,35H,11-12,15-17H2,(H,33,37)(H,34,38). The minimum absolute atomic E-state index is 0.0723. The van der Waals surface area contributed by atoms with Crippen molar-refractivity contribution >= 4 is 39.9 Å². The molecule has 3 N–H and O–H groups in total. The molecule has 4 aliphatic carbocycles. The van der Waals surface area contributed by atoms with Crippen molar-refractivity contribution in [3.63, 3.8) is 0 Å². The second-order valence-corrected chi connectivity index (χ2v) is 11.2. The van der Waals surface area contributed by atoms with E-state index in [4.69, 9.17) is 0 Å². The zero-order valence-electron chi connectivity index (χ0n) is 20.9. The normalized spacial score (nSPS) is 25.5. The van der Waals surface area contributed by atoms with Gasteiger partial charge in [0.15, 0.2) is 0 Å². The van der Waals surface area contributed by atoms with E-state index in [1.807, 2.05) is 48.5 Å². The Morgan fingerprint density at radius 2 is 1.63 bits per heavy atom. The number of carbonyl (C=O) groups is 3. The molecule has 7 nitrogen and oxygen atoms in total. The molecule has 8 rings (SSSR count). The van der Waals surface area contributed by atoms with Crippen LogP contribution >= 0.6 is 0 Å². The fraction of sp³-hybridized carbons (Fsp3) is 0.290. The van der Waals surface area contributed by atoms with Crippen LogP contribution in [0.1, 0.15) is 42.6 Å². The minimum Gasteiger partial charge on any atom is -0.355 e. The Bertz CT molecular complexity index is 1560. The number of anilines is 2. The van der Waals surface area contributed by atoms with E-state index in [0.29, 0.717) is 35.9 Å². The number of pyridine rings is 1. The van der Waals surface area contributed by atoms with Crippen LogP contribution in [-0.2, 0) is 9.59 Å². The number of amides is 2. The molecular weight excluding hydrogens is 476 g/mol. The number of hydrogen-bond donors (Lipinski definition) is 3. The molecular formula is C31H28N4O3. The molecule has 4 bridgehead atoms. The van der Waals surface area contributed by atoms with Crippen LogP contribution in [-0.4, -0.2) is 27.6 Å². The molecule has 2 atom stereocenters. The van der Waals surface area contributed by atoms with E-state index in [2.05, 4.69) is 20.6 Å². The molecule has 2 unspecified atom stereocenters. The van der Waals surface area contributed by atoms with E-state index >= 15 is 0 Å². The largest absolute Gasteiger partial charge is 0.355 e. The number of nitrogens with one attached hydrogen (secondary N) is 3. The average molecular weight is 505 g/mol. The molecule has 7 heteroatoms. The van der Waals surface area contributed by atoms with E-state index in [9.17, 15) is 14.4 Å². The second-order valence-electron chi connectivity index (χ2n) is 11.2. The number of hydrogen-bond acceptors (Lipinski definition) is 4. The summed E-state index contributed by atoms with van der Waals surface area (Å²) in [7, 11) is 0. The van der Waals surface area contributed by atoms with Gasteiger partial charge < -0.3 is 15.6 Å². The Morgan fingerprint density at radius 3 is 2.37 bits per heavy atom. The SMILES string of the molecule is O=C(Nc1ccc2[nH]c(-c3ccc(NC(=O)C45CC6CC(C4)C(=O)C(C6)C5)cc3)cc2c1)c1ccccn1. The monoisotopic (exact) mass is 504 g/mol. The van der Waals surface area contributed by atoms with Crippen LogP contribution in [0.2, 0.25) is 0 Å². The first-order valence-electron chi connectivity index (χ1n) is 13.3. The summed E-state index contributed by atoms with van der Waals surface area (Å²) < 4.78 is 0. The molecule has 2 aromatic carbocycles. The fourth-order valence-corrected chi connectivity index (χ4v) is 7.08. The molecule has 38 heavy (non-hydrogen) atoms. The van der Waals surface area contributed by atoms with Crippen molar-refractivity contribution < 1.29 is 14.4 Å². The Balaban J connectivity index is 1.05. The fourth-order valence-electron chi connectivity index (χ4n) is 7.08. The number of ketones is 1. The highest BCUT2D eigenvalue weighted by atomic mass is 16.2.